The Balaban J connectivity index is -0.0000000150. The monoisotopic (exact) mass is 184 g/mol. The van der Waals surface area contributed by atoms with Gasteiger partial charge in [0, 0.05) is 0 Å². The molecule has 7 heteroatoms. The summed E-state index contributed by atoms with van der Waals surface area (Å²) in [5.74, 6) is 0. The van der Waals surface area contributed by atoms with Crippen molar-refractivity contribution >= 4 is 52.8 Å². The van der Waals surface area contributed by atoms with Gasteiger partial charge in [-0.2, -0.15) is 0 Å². The van der Waals surface area contributed by atoms with Crippen LogP contribution in [0.2, 0.25) is 0 Å². The minimum atomic E-state index is -2.42. The Morgan fingerprint density at radius 3 is 1.29 bits per heavy atom. The summed E-state index contributed by atoms with van der Waals surface area (Å²) < 4.78 is 0. The third-order valence-electron chi connectivity index (χ3n) is 0. The summed E-state index contributed by atoms with van der Waals surface area (Å²) in [6, 6.07) is 0. The Hall–Kier alpha value is 1.35. The molecule has 0 amide bonds. The van der Waals surface area contributed by atoms with E-state index in [2.05, 4.69) is 0 Å². The van der Waals surface area contributed by atoms with Crippen LogP contribution in [0.5, 0.6) is 0 Å². The minimum Gasteiger partial charge on any atom is -0.870 e. The summed E-state index contributed by atoms with van der Waals surface area (Å²) >= 11 is 0. The molecule has 0 aromatic carbocycles. The molecular formula is H5BO5Sr. The van der Waals surface area contributed by atoms with Crippen LogP contribution < -0.4 is 5.02 Å². The maximum absolute atomic E-state index is 8.64. The van der Waals surface area contributed by atoms with Crippen molar-refractivity contribution in [2.75, 3.05) is 0 Å². The molecule has 5 N–H and O–H groups in total. The maximum Gasteiger partial charge on any atom is 2.00 e. The molecule has 0 saturated carbocycles. The summed E-state index contributed by atoms with van der Waals surface area (Å²) in [7, 11) is -2.42. The van der Waals surface area contributed by atoms with Crippen LogP contribution in [0.1, 0.15) is 0 Å². The second-order valence-electron chi connectivity index (χ2n) is 0.326. The maximum atomic E-state index is 8.64. The Kier molecular flexibility index (Phi) is 53.4. The van der Waals surface area contributed by atoms with Gasteiger partial charge in [0.05, 0.1) is 0 Å². The zero-order chi connectivity index (χ0) is 3.58. The van der Waals surface area contributed by atoms with E-state index in [1.54, 1.807) is 0 Å². The Bertz CT molecular complexity index is 12.8. The van der Waals surface area contributed by atoms with Gasteiger partial charge in [0.15, 0.2) is 0 Å². The van der Waals surface area contributed by atoms with Gasteiger partial charge in [0.25, 0.3) is 0 Å². The molecule has 0 atom stereocenters. The van der Waals surface area contributed by atoms with Gasteiger partial charge in [0.1, 0.15) is 0 Å². The zero-order valence-corrected chi connectivity index (χ0v) is 7.01. The number of hydrogen-bond acceptors (Lipinski definition) is 4. The van der Waals surface area contributed by atoms with E-state index < -0.39 is 7.32 Å². The van der Waals surface area contributed by atoms with Crippen LogP contribution in [0, 0.1) is 0 Å². The Morgan fingerprint density at radius 2 is 1.29 bits per heavy atom. The second-order valence-corrected chi connectivity index (χ2v) is 0.326. The van der Waals surface area contributed by atoms with Gasteiger partial charge >= 0.3 is 52.8 Å². The minimum absolute atomic E-state index is 0. The molecule has 0 fully saturated rings. The molecule has 40 valence electrons. The molecule has 7 heavy (non-hydrogen) atoms. The van der Waals surface area contributed by atoms with Crippen LogP contribution in [0.3, 0.4) is 0 Å². The van der Waals surface area contributed by atoms with Gasteiger partial charge in [-0.05, 0) is 0 Å². The van der Waals surface area contributed by atoms with Crippen molar-refractivity contribution in [3.8, 4) is 0 Å². The molecule has 0 aliphatic heterocycles. The molecule has 0 bridgehead atoms. The summed E-state index contributed by atoms with van der Waals surface area (Å²) in [6.07, 6.45) is 0. The van der Waals surface area contributed by atoms with E-state index in [9.17, 15) is 0 Å². The first-order valence-corrected chi connectivity index (χ1v) is 0.752. The van der Waals surface area contributed by atoms with Crippen molar-refractivity contribution in [1.29, 1.82) is 0 Å². The summed E-state index contributed by atoms with van der Waals surface area (Å²) in [5.41, 5.74) is 0. The van der Waals surface area contributed by atoms with Gasteiger partial charge in [0.2, 0.25) is 0 Å². The van der Waals surface area contributed by atoms with Crippen LogP contribution in [0.25, 0.3) is 0 Å². The molecule has 0 aliphatic rings. The number of hydrogen-bond donors (Lipinski definition) is 2. The molecule has 5 nitrogen and oxygen atoms in total. The van der Waals surface area contributed by atoms with Crippen LogP contribution in [0.15, 0.2) is 0 Å². The van der Waals surface area contributed by atoms with Gasteiger partial charge in [-0.15, -0.1) is 0 Å². The fourth-order valence-corrected chi connectivity index (χ4v) is 0. The van der Waals surface area contributed by atoms with Crippen molar-refractivity contribution in [2.45, 2.75) is 0 Å². The van der Waals surface area contributed by atoms with E-state index >= 15 is 0 Å². The topological polar surface area (TPSA) is 125 Å². The molecule has 0 unspecified atom stereocenters. The summed E-state index contributed by atoms with van der Waals surface area (Å²) in [6.45, 7) is 0. The molecule has 0 aromatic heterocycles. The van der Waals surface area contributed by atoms with Gasteiger partial charge in [-0.25, -0.2) is 0 Å². The normalized spacial score (nSPS) is 3.86. The third kappa shape index (κ3) is 116. The first-order valence-electron chi connectivity index (χ1n) is 0.752. The van der Waals surface area contributed by atoms with Crippen molar-refractivity contribution in [1.82, 2.24) is 0 Å². The van der Waals surface area contributed by atoms with Crippen LogP contribution in [0.4, 0.5) is 0 Å². The zero-order valence-electron chi connectivity index (χ0n) is 3.53. The first-order chi connectivity index (χ1) is 1.73. The molecular weight excluding hydrogens is 178 g/mol. The SMILES string of the molecule is O.[O-]B(O)O.[OH-].[Sr+2]. The average molecular weight is 183 g/mol. The van der Waals surface area contributed by atoms with Crippen LogP contribution >= 0.6 is 0 Å². The predicted octanol–water partition coefficient (Wildman–Crippen LogP) is -4.07. The van der Waals surface area contributed by atoms with E-state index in [0.29, 0.717) is 0 Å². The quantitative estimate of drug-likeness (QED) is 0.371. The smallest absolute Gasteiger partial charge is 0.870 e. The molecule has 0 radical (unpaired) electrons. The van der Waals surface area contributed by atoms with Crippen LogP contribution in [-0.2, 0) is 0 Å². The predicted molar refractivity (Wildman–Crippen MR) is 21.5 cm³/mol. The molecule has 0 aromatic rings. The van der Waals surface area contributed by atoms with Crippen molar-refractivity contribution in [3.63, 3.8) is 0 Å². The Morgan fingerprint density at radius 1 is 1.29 bits per heavy atom. The van der Waals surface area contributed by atoms with Crippen molar-refractivity contribution in [2.24, 2.45) is 0 Å². The second kappa shape index (κ2) is 15.7. The molecule has 0 spiro atoms. The molecule has 0 rings (SSSR count). The Labute approximate surface area is 78.0 Å². The van der Waals surface area contributed by atoms with E-state index in [0.717, 1.165) is 0 Å². The molecule has 0 heterocycles. The fraction of sp³-hybridized carbons (Fsp3) is 0. The average Bonchev–Trinajstić information content (AvgIpc) is 0.811. The van der Waals surface area contributed by atoms with Crippen molar-refractivity contribution < 1.29 is 26.0 Å². The van der Waals surface area contributed by atoms with Gasteiger partial charge < -0.3 is 26.0 Å². The fourth-order valence-electron chi connectivity index (χ4n) is 0. The van der Waals surface area contributed by atoms with E-state index in [4.69, 9.17) is 15.1 Å². The van der Waals surface area contributed by atoms with Gasteiger partial charge in [-0.3, -0.25) is 0 Å². The van der Waals surface area contributed by atoms with Gasteiger partial charge in [-0.1, -0.05) is 0 Å². The summed E-state index contributed by atoms with van der Waals surface area (Å²) in [4.78, 5) is 0. The van der Waals surface area contributed by atoms with Crippen LogP contribution in [-0.4, -0.2) is 73.8 Å². The number of rotatable bonds is 0. The summed E-state index contributed by atoms with van der Waals surface area (Å²) in [5, 5.41) is 22.8. The van der Waals surface area contributed by atoms with Crippen molar-refractivity contribution in [3.05, 3.63) is 0 Å². The first kappa shape index (κ1) is 23.8. The molecule has 0 aliphatic carbocycles. The largest absolute Gasteiger partial charge is 2.00 e. The third-order valence-corrected chi connectivity index (χ3v) is 0. The van der Waals surface area contributed by atoms with E-state index in [1.165, 1.54) is 0 Å². The van der Waals surface area contributed by atoms with E-state index in [1.807, 2.05) is 0 Å². The standard InChI is InChI=1S/BH2O3.2H2O.Sr/c2-1(3)4;;;/h2-3H;2*1H2;/q-1;;;+2/p-1. The molecule has 0 saturated heterocycles. The van der Waals surface area contributed by atoms with E-state index in [-0.39, 0.29) is 56.4 Å².